The third-order valence-electron chi connectivity index (χ3n) is 1.84. The highest BCUT2D eigenvalue weighted by molar-refractivity contribution is 5.88. The van der Waals surface area contributed by atoms with Crippen molar-refractivity contribution in [1.29, 1.82) is 0 Å². The van der Waals surface area contributed by atoms with Crippen molar-refractivity contribution in [3.05, 3.63) is 17.2 Å². The number of hydrogen-bond acceptors (Lipinski definition) is 4. The lowest BCUT2D eigenvalue weighted by Gasteiger charge is -2.12. The minimum atomic E-state index is -1.09. The van der Waals surface area contributed by atoms with E-state index in [0.717, 1.165) is 0 Å². The maximum absolute atomic E-state index is 11.2. The van der Waals surface area contributed by atoms with Crippen LogP contribution >= 0.6 is 0 Å². The molecule has 1 heterocycles. The van der Waals surface area contributed by atoms with Crippen molar-refractivity contribution in [3.8, 4) is 0 Å². The van der Waals surface area contributed by atoms with Crippen LogP contribution < -0.4 is 0 Å². The molecule has 0 spiro atoms. The quantitative estimate of drug-likeness (QED) is 0.687. The molecule has 0 fully saturated rings. The monoisotopic (exact) mass is 198 g/mol. The fraction of sp³-hybridized carbons (Fsp3) is 0.556. The van der Waals surface area contributed by atoms with Crippen LogP contribution in [0.25, 0.3) is 0 Å². The van der Waals surface area contributed by atoms with Gasteiger partial charge >= 0.3 is 5.97 Å². The third kappa shape index (κ3) is 1.93. The molecule has 1 aromatic rings. The second kappa shape index (κ2) is 3.42. The Morgan fingerprint density at radius 3 is 2.50 bits per heavy atom. The van der Waals surface area contributed by atoms with Crippen LogP contribution in [-0.4, -0.2) is 28.2 Å². The van der Waals surface area contributed by atoms with Gasteiger partial charge in [0.1, 0.15) is 11.4 Å². The number of nitrogens with zero attached hydrogens (tertiary/aromatic N) is 1. The van der Waals surface area contributed by atoms with Crippen LogP contribution in [0.15, 0.2) is 0 Å². The summed E-state index contributed by atoms with van der Waals surface area (Å²) in [4.78, 5) is 18.0. The summed E-state index contributed by atoms with van der Waals surface area (Å²) in [5, 5.41) is 9.64. The van der Waals surface area contributed by atoms with E-state index < -0.39 is 11.6 Å². The van der Waals surface area contributed by atoms with E-state index in [1.54, 1.807) is 20.8 Å². The van der Waals surface area contributed by atoms with Gasteiger partial charge in [-0.05, 0) is 20.8 Å². The molecule has 0 aromatic carbocycles. The van der Waals surface area contributed by atoms with Gasteiger partial charge in [-0.3, -0.25) is 0 Å². The van der Waals surface area contributed by atoms with Crippen molar-refractivity contribution in [2.24, 2.45) is 0 Å². The van der Waals surface area contributed by atoms with Gasteiger partial charge in [0.25, 0.3) is 0 Å². The average Bonchev–Trinajstić information content (AvgIpc) is 2.45. The molecule has 0 unspecified atom stereocenters. The lowest BCUT2D eigenvalue weighted by Crippen LogP contribution is -2.17. The molecular weight excluding hydrogens is 184 g/mol. The van der Waals surface area contributed by atoms with Crippen molar-refractivity contribution >= 4 is 5.97 Å². The molecule has 2 N–H and O–H groups in total. The largest absolute Gasteiger partial charge is 0.464 e. The molecule has 14 heavy (non-hydrogen) atoms. The Kier molecular flexibility index (Phi) is 2.62. The number of carbonyl (C=O) groups excluding carboxylic acids is 1. The molecule has 0 saturated heterocycles. The Bertz CT molecular complexity index is 349. The number of nitrogens with one attached hydrogen (secondary N) is 1. The SMILES string of the molecule is COC(=O)c1nc(C(C)(C)O)[nH]c1C. The molecule has 1 aromatic heterocycles. The van der Waals surface area contributed by atoms with Gasteiger partial charge in [0.15, 0.2) is 5.69 Å². The fourth-order valence-corrected chi connectivity index (χ4v) is 1.05. The second-order valence-corrected chi connectivity index (χ2v) is 3.61. The zero-order valence-corrected chi connectivity index (χ0v) is 8.71. The number of aliphatic hydroxyl groups is 1. The van der Waals surface area contributed by atoms with Gasteiger partial charge in [-0.25, -0.2) is 9.78 Å². The molecule has 0 aliphatic heterocycles. The molecule has 0 saturated carbocycles. The van der Waals surface area contributed by atoms with Gasteiger partial charge in [-0.15, -0.1) is 0 Å². The maximum Gasteiger partial charge on any atom is 0.358 e. The Labute approximate surface area is 82.1 Å². The van der Waals surface area contributed by atoms with Crippen molar-refractivity contribution < 1.29 is 14.6 Å². The molecule has 0 atom stereocenters. The summed E-state index contributed by atoms with van der Waals surface area (Å²) in [7, 11) is 1.29. The minimum Gasteiger partial charge on any atom is -0.464 e. The summed E-state index contributed by atoms with van der Waals surface area (Å²) in [5.41, 5.74) is -0.282. The Morgan fingerprint density at radius 1 is 1.57 bits per heavy atom. The van der Waals surface area contributed by atoms with E-state index in [9.17, 15) is 9.90 Å². The van der Waals surface area contributed by atoms with Crippen LogP contribution in [0.3, 0.4) is 0 Å². The van der Waals surface area contributed by atoms with Crippen LogP contribution in [0, 0.1) is 6.92 Å². The number of aromatic amines is 1. The number of aromatic nitrogens is 2. The molecule has 0 aliphatic carbocycles. The van der Waals surface area contributed by atoms with E-state index in [0.29, 0.717) is 11.5 Å². The number of ether oxygens (including phenoxy) is 1. The van der Waals surface area contributed by atoms with Crippen LogP contribution in [0.4, 0.5) is 0 Å². The maximum atomic E-state index is 11.2. The third-order valence-corrected chi connectivity index (χ3v) is 1.84. The first-order chi connectivity index (χ1) is 6.36. The number of rotatable bonds is 2. The standard InChI is InChI=1S/C9H14N2O3/c1-5-6(7(12)14-4)11-8(10-5)9(2,3)13/h13H,1-4H3,(H,10,11). The fourth-order valence-electron chi connectivity index (χ4n) is 1.05. The molecule has 1 rings (SSSR count). The van der Waals surface area contributed by atoms with Gasteiger partial charge in [-0.2, -0.15) is 0 Å². The Balaban J connectivity index is 3.12. The molecule has 5 nitrogen and oxygen atoms in total. The van der Waals surface area contributed by atoms with Gasteiger partial charge in [0.2, 0.25) is 0 Å². The first-order valence-electron chi connectivity index (χ1n) is 4.24. The van der Waals surface area contributed by atoms with Crippen molar-refractivity contribution in [2.75, 3.05) is 7.11 Å². The van der Waals surface area contributed by atoms with E-state index in [-0.39, 0.29) is 5.69 Å². The van der Waals surface area contributed by atoms with Crippen LogP contribution in [-0.2, 0) is 10.3 Å². The molecular formula is C9H14N2O3. The average molecular weight is 198 g/mol. The summed E-state index contributed by atoms with van der Waals surface area (Å²) in [6.07, 6.45) is 0. The summed E-state index contributed by atoms with van der Waals surface area (Å²) in [6.45, 7) is 4.88. The number of imidazole rings is 1. The number of H-pyrrole nitrogens is 1. The number of esters is 1. The summed E-state index contributed by atoms with van der Waals surface area (Å²) in [6, 6.07) is 0. The molecule has 0 radical (unpaired) electrons. The molecule has 0 aliphatic rings. The number of aryl methyl sites for hydroxylation is 1. The highest BCUT2D eigenvalue weighted by Crippen LogP contribution is 2.18. The highest BCUT2D eigenvalue weighted by atomic mass is 16.5. The Hall–Kier alpha value is -1.36. The van der Waals surface area contributed by atoms with E-state index in [1.165, 1.54) is 7.11 Å². The van der Waals surface area contributed by atoms with Crippen molar-refractivity contribution in [1.82, 2.24) is 9.97 Å². The topological polar surface area (TPSA) is 75.2 Å². The van der Waals surface area contributed by atoms with Crippen molar-refractivity contribution in [2.45, 2.75) is 26.4 Å². The lowest BCUT2D eigenvalue weighted by molar-refractivity contribution is 0.0588. The first-order valence-corrected chi connectivity index (χ1v) is 4.24. The van der Waals surface area contributed by atoms with Crippen LogP contribution in [0.5, 0.6) is 0 Å². The van der Waals surface area contributed by atoms with Gasteiger partial charge in [0.05, 0.1) is 7.11 Å². The number of hydrogen-bond donors (Lipinski definition) is 2. The number of carbonyl (C=O) groups is 1. The first kappa shape index (κ1) is 10.7. The summed E-state index contributed by atoms with van der Waals surface area (Å²) in [5.74, 6) is -0.148. The van der Waals surface area contributed by atoms with E-state index in [1.807, 2.05) is 0 Å². The zero-order valence-electron chi connectivity index (χ0n) is 8.71. The van der Waals surface area contributed by atoms with E-state index >= 15 is 0 Å². The zero-order chi connectivity index (χ0) is 10.9. The summed E-state index contributed by atoms with van der Waals surface area (Å²) >= 11 is 0. The van der Waals surface area contributed by atoms with E-state index in [4.69, 9.17) is 0 Å². The lowest BCUT2D eigenvalue weighted by atomic mass is 10.1. The van der Waals surface area contributed by atoms with Gasteiger partial charge in [-0.1, -0.05) is 0 Å². The minimum absolute atomic E-state index is 0.213. The predicted octanol–water partition coefficient (Wildman–Crippen LogP) is 0.732. The van der Waals surface area contributed by atoms with Crippen LogP contribution in [0.1, 0.15) is 35.9 Å². The Morgan fingerprint density at radius 2 is 2.14 bits per heavy atom. The second-order valence-electron chi connectivity index (χ2n) is 3.61. The van der Waals surface area contributed by atoms with E-state index in [2.05, 4.69) is 14.7 Å². The molecule has 78 valence electrons. The normalized spacial score (nSPS) is 11.5. The molecule has 5 heteroatoms. The smallest absolute Gasteiger partial charge is 0.358 e. The molecule has 0 amide bonds. The number of methoxy groups -OCH3 is 1. The summed E-state index contributed by atoms with van der Waals surface area (Å²) < 4.78 is 4.54. The highest BCUT2D eigenvalue weighted by Gasteiger charge is 2.24. The van der Waals surface area contributed by atoms with Crippen molar-refractivity contribution in [3.63, 3.8) is 0 Å². The van der Waals surface area contributed by atoms with Gasteiger partial charge < -0.3 is 14.8 Å². The molecule has 0 bridgehead atoms. The predicted molar refractivity (Wildman–Crippen MR) is 49.9 cm³/mol. The van der Waals surface area contributed by atoms with Crippen LogP contribution in [0.2, 0.25) is 0 Å². The van der Waals surface area contributed by atoms with Gasteiger partial charge in [0, 0.05) is 5.69 Å².